The largest absolute Gasteiger partial charge is 0.437 e. The molecule has 0 amide bonds. The lowest BCUT2D eigenvalue weighted by atomic mass is 10.1. The average Bonchev–Trinajstić information content (AvgIpc) is 2.81. The van der Waals surface area contributed by atoms with E-state index in [2.05, 4.69) is 25.3 Å². The Morgan fingerprint density at radius 1 is 0.742 bits per heavy atom. The summed E-state index contributed by atoms with van der Waals surface area (Å²) in [5.74, 6) is 1.84. The minimum absolute atomic E-state index is 0.412. The Morgan fingerprint density at radius 2 is 1.61 bits per heavy atom. The number of aromatic nitrogens is 4. The van der Waals surface area contributed by atoms with E-state index in [1.165, 1.54) is 0 Å². The molecule has 3 heterocycles. The van der Waals surface area contributed by atoms with E-state index in [4.69, 9.17) is 16.3 Å². The summed E-state index contributed by atoms with van der Waals surface area (Å²) in [6.07, 6.45) is 6.72. The van der Waals surface area contributed by atoms with Crippen molar-refractivity contribution < 1.29 is 4.74 Å². The van der Waals surface area contributed by atoms with E-state index in [1.807, 2.05) is 66.7 Å². The highest BCUT2D eigenvalue weighted by Gasteiger charge is 2.14. The Kier molecular flexibility index (Phi) is 5.12. The van der Waals surface area contributed by atoms with Crippen molar-refractivity contribution in [2.24, 2.45) is 0 Å². The van der Waals surface area contributed by atoms with Crippen LogP contribution in [0, 0.1) is 0 Å². The van der Waals surface area contributed by atoms with Crippen LogP contribution >= 0.6 is 11.6 Å². The Morgan fingerprint density at radius 3 is 2.45 bits per heavy atom. The normalized spacial score (nSPS) is 10.7. The number of halogens is 1. The second-order valence-electron chi connectivity index (χ2n) is 6.70. The van der Waals surface area contributed by atoms with Crippen LogP contribution in [0.5, 0.6) is 11.6 Å². The fraction of sp³-hybridized carbons (Fsp3) is 0. The van der Waals surface area contributed by atoms with Gasteiger partial charge in [0.2, 0.25) is 5.88 Å². The van der Waals surface area contributed by atoms with Gasteiger partial charge in [-0.2, -0.15) is 0 Å². The predicted molar refractivity (Wildman–Crippen MR) is 122 cm³/mol. The van der Waals surface area contributed by atoms with Crippen LogP contribution in [0.1, 0.15) is 0 Å². The van der Waals surface area contributed by atoms with Gasteiger partial charge in [0.15, 0.2) is 0 Å². The van der Waals surface area contributed by atoms with Crippen LogP contribution in [-0.4, -0.2) is 19.9 Å². The summed E-state index contributed by atoms with van der Waals surface area (Å²) < 4.78 is 6.08. The van der Waals surface area contributed by atoms with Crippen molar-refractivity contribution in [3.05, 3.63) is 96.5 Å². The van der Waals surface area contributed by atoms with E-state index >= 15 is 0 Å². The van der Waals surface area contributed by atoms with Gasteiger partial charge >= 0.3 is 0 Å². The van der Waals surface area contributed by atoms with Gasteiger partial charge in [-0.05, 0) is 54.6 Å². The first kappa shape index (κ1) is 19.0. The van der Waals surface area contributed by atoms with E-state index in [0.717, 1.165) is 28.0 Å². The maximum atomic E-state index is 6.12. The zero-order valence-electron chi connectivity index (χ0n) is 16.2. The number of ether oxygens (including phenoxy) is 1. The molecule has 5 aromatic rings. The number of nitrogens with one attached hydrogen (secondary N) is 1. The third kappa shape index (κ3) is 4.15. The quantitative estimate of drug-likeness (QED) is 0.357. The zero-order valence-corrected chi connectivity index (χ0v) is 17.0. The first-order chi connectivity index (χ1) is 15.3. The summed E-state index contributed by atoms with van der Waals surface area (Å²) in [7, 11) is 0. The molecule has 0 unspecified atom stereocenters. The molecule has 0 fully saturated rings. The number of hydrogen-bond acceptors (Lipinski definition) is 6. The van der Waals surface area contributed by atoms with Crippen molar-refractivity contribution in [2.75, 3.05) is 5.32 Å². The minimum Gasteiger partial charge on any atom is -0.437 e. The molecule has 0 saturated heterocycles. The highest BCUT2D eigenvalue weighted by Crippen LogP contribution is 2.34. The Balaban J connectivity index is 1.44. The maximum absolute atomic E-state index is 6.12. The van der Waals surface area contributed by atoms with Gasteiger partial charge in [0.05, 0.1) is 5.52 Å². The number of pyridine rings is 2. The van der Waals surface area contributed by atoms with Crippen molar-refractivity contribution in [1.82, 2.24) is 19.9 Å². The van der Waals surface area contributed by atoms with Crippen LogP contribution in [0.3, 0.4) is 0 Å². The molecule has 150 valence electrons. The topological polar surface area (TPSA) is 72.8 Å². The lowest BCUT2D eigenvalue weighted by Gasteiger charge is -2.12. The molecule has 0 spiro atoms. The molecule has 0 aliphatic heterocycles. The summed E-state index contributed by atoms with van der Waals surface area (Å²) in [4.78, 5) is 17.6. The van der Waals surface area contributed by atoms with E-state index in [9.17, 15) is 0 Å². The number of rotatable bonds is 5. The van der Waals surface area contributed by atoms with Crippen LogP contribution in [0.15, 0.2) is 91.5 Å². The van der Waals surface area contributed by atoms with Crippen LogP contribution in [0.25, 0.3) is 22.2 Å². The molecule has 0 bridgehead atoms. The van der Waals surface area contributed by atoms with E-state index < -0.39 is 0 Å². The fourth-order valence-electron chi connectivity index (χ4n) is 3.21. The molecule has 0 saturated carbocycles. The fourth-order valence-corrected chi connectivity index (χ4v) is 3.38. The summed E-state index contributed by atoms with van der Waals surface area (Å²) in [6, 6.07) is 20.8. The zero-order chi connectivity index (χ0) is 21.0. The molecular weight excluding hydrogens is 410 g/mol. The number of benzene rings is 2. The summed E-state index contributed by atoms with van der Waals surface area (Å²) >= 11 is 6.12. The van der Waals surface area contributed by atoms with Crippen molar-refractivity contribution in [1.29, 1.82) is 0 Å². The maximum Gasteiger partial charge on any atom is 0.246 e. The predicted octanol–water partition coefficient (Wildman–Crippen LogP) is 6.28. The van der Waals surface area contributed by atoms with Crippen LogP contribution < -0.4 is 10.1 Å². The van der Waals surface area contributed by atoms with Gasteiger partial charge in [-0.1, -0.05) is 23.7 Å². The van der Waals surface area contributed by atoms with Crippen LogP contribution in [-0.2, 0) is 0 Å². The molecule has 31 heavy (non-hydrogen) atoms. The Labute approximate surface area is 183 Å². The lowest BCUT2D eigenvalue weighted by Crippen LogP contribution is -1.96. The average molecular weight is 426 g/mol. The van der Waals surface area contributed by atoms with E-state index in [0.29, 0.717) is 22.3 Å². The van der Waals surface area contributed by atoms with Crippen LogP contribution in [0.4, 0.5) is 11.5 Å². The number of hydrogen-bond donors (Lipinski definition) is 1. The summed E-state index contributed by atoms with van der Waals surface area (Å²) in [5, 5.41) is 4.80. The van der Waals surface area contributed by atoms with E-state index in [1.54, 1.807) is 24.8 Å². The molecule has 7 heteroatoms. The molecule has 0 radical (unpaired) electrons. The van der Waals surface area contributed by atoms with Crippen molar-refractivity contribution in [3.63, 3.8) is 0 Å². The minimum atomic E-state index is 0.412. The van der Waals surface area contributed by atoms with Gasteiger partial charge in [0.25, 0.3) is 0 Å². The van der Waals surface area contributed by atoms with Gasteiger partial charge in [-0.25, -0.2) is 15.0 Å². The second-order valence-corrected chi connectivity index (χ2v) is 7.13. The number of nitrogens with zero attached hydrogens (tertiary/aromatic N) is 4. The third-order valence-corrected chi connectivity index (χ3v) is 4.87. The second kappa shape index (κ2) is 8.38. The van der Waals surface area contributed by atoms with Crippen molar-refractivity contribution in [2.45, 2.75) is 0 Å². The Bertz CT molecular complexity index is 1340. The number of anilines is 2. The standard InChI is InChI=1S/C24H16ClN5O/c25-16-4-9-19-20(10-12-26-21(19)15-16)23-24(29-14-13-28-23)31-18-7-5-17(6-8-18)30-22-3-1-2-11-27-22/h1-15H,(H,27,30). The van der Waals surface area contributed by atoms with Gasteiger partial charge in [-0.15, -0.1) is 0 Å². The number of fused-ring (bicyclic) bond motifs is 1. The first-order valence-corrected chi connectivity index (χ1v) is 9.96. The molecule has 0 atom stereocenters. The molecule has 0 aliphatic carbocycles. The van der Waals surface area contributed by atoms with E-state index in [-0.39, 0.29) is 0 Å². The molecule has 5 rings (SSSR count). The Hall–Kier alpha value is -4.03. The highest BCUT2D eigenvalue weighted by molar-refractivity contribution is 6.31. The lowest BCUT2D eigenvalue weighted by molar-refractivity contribution is 0.462. The van der Waals surface area contributed by atoms with Gasteiger partial charge in [-0.3, -0.25) is 4.98 Å². The molecule has 1 N–H and O–H groups in total. The summed E-state index contributed by atoms with van der Waals surface area (Å²) in [5.41, 5.74) is 3.19. The van der Waals surface area contributed by atoms with Gasteiger partial charge < -0.3 is 10.1 Å². The van der Waals surface area contributed by atoms with Crippen molar-refractivity contribution >= 4 is 34.0 Å². The highest BCUT2D eigenvalue weighted by atomic mass is 35.5. The monoisotopic (exact) mass is 425 g/mol. The molecule has 2 aromatic carbocycles. The first-order valence-electron chi connectivity index (χ1n) is 9.58. The SMILES string of the molecule is Clc1ccc2c(-c3nccnc3Oc3ccc(Nc4ccccn4)cc3)ccnc2c1. The smallest absolute Gasteiger partial charge is 0.246 e. The van der Waals surface area contributed by atoms with Crippen molar-refractivity contribution in [3.8, 4) is 22.9 Å². The summed E-state index contributed by atoms with van der Waals surface area (Å²) in [6.45, 7) is 0. The van der Waals surface area contributed by atoms with Crippen LogP contribution in [0.2, 0.25) is 5.02 Å². The molecule has 3 aromatic heterocycles. The van der Waals surface area contributed by atoms with Gasteiger partial charge in [0, 0.05) is 46.4 Å². The third-order valence-electron chi connectivity index (χ3n) is 4.63. The van der Waals surface area contributed by atoms with Gasteiger partial charge in [0.1, 0.15) is 17.3 Å². The molecular formula is C24H16ClN5O. The molecule has 6 nitrogen and oxygen atoms in total. The molecule has 0 aliphatic rings.